The number of amides is 2. The van der Waals surface area contributed by atoms with Crippen LogP contribution >= 0.6 is 0 Å². The van der Waals surface area contributed by atoms with Crippen molar-refractivity contribution in [1.29, 1.82) is 0 Å². The van der Waals surface area contributed by atoms with Gasteiger partial charge in [0.15, 0.2) is 5.92 Å². The van der Waals surface area contributed by atoms with Crippen LogP contribution in [0.4, 0.5) is 18.9 Å². The van der Waals surface area contributed by atoms with E-state index >= 15 is 0 Å². The fourth-order valence-electron chi connectivity index (χ4n) is 4.30. The van der Waals surface area contributed by atoms with Crippen molar-refractivity contribution in [3.63, 3.8) is 0 Å². The fraction of sp³-hybridized carbons (Fsp3) is 0.303. The van der Waals surface area contributed by atoms with Gasteiger partial charge in [-0.3, -0.25) is 24.0 Å². The van der Waals surface area contributed by atoms with E-state index in [1.54, 1.807) is 32.0 Å². The molecule has 0 aliphatic carbocycles. The standard InChI is InChI=1S/C33H33F3N2O8/c1-5-44-31(42)26(32(43)45-6-2)19-46-28(39)18-20-11-16-27(25(17-20)30(41)38(3)4)37-29(40)24-10-8-7-9-23(24)21-12-14-22(15-13-21)33(34,35)36/h7-17,26H,5-6,18-19H2,1-4H3,(H,37,40). The van der Waals surface area contributed by atoms with Crippen molar-refractivity contribution in [2.75, 3.05) is 39.2 Å². The highest BCUT2D eigenvalue weighted by molar-refractivity contribution is 6.12. The summed E-state index contributed by atoms with van der Waals surface area (Å²) in [5.41, 5.74) is 0.576. The van der Waals surface area contributed by atoms with Gasteiger partial charge in [0.1, 0.15) is 6.61 Å². The lowest BCUT2D eigenvalue weighted by Gasteiger charge is -2.17. The molecule has 244 valence electrons. The number of nitrogens with zero attached hydrogens (tertiary/aromatic N) is 1. The van der Waals surface area contributed by atoms with E-state index in [1.165, 1.54) is 55.4 Å². The highest BCUT2D eigenvalue weighted by Gasteiger charge is 2.32. The van der Waals surface area contributed by atoms with Crippen molar-refractivity contribution < 1.29 is 51.4 Å². The van der Waals surface area contributed by atoms with Crippen LogP contribution in [-0.2, 0) is 41.2 Å². The second-order valence-corrected chi connectivity index (χ2v) is 10.1. The zero-order valence-electron chi connectivity index (χ0n) is 25.6. The van der Waals surface area contributed by atoms with Gasteiger partial charge in [0.2, 0.25) is 0 Å². The number of nitrogens with one attached hydrogen (secondary N) is 1. The van der Waals surface area contributed by atoms with Crippen molar-refractivity contribution in [3.8, 4) is 11.1 Å². The van der Waals surface area contributed by atoms with Crippen molar-refractivity contribution >= 4 is 35.4 Å². The van der Waals surface area contributed by atoms with E-state index in [9.17, 15) is 37.1 Å². The van der Waals surface area contributed by atoms with Crippen molar-refractivity contribution in [2.24, 2.45) is 5.92 Å². The fourth-order valence-corrected chi connectivity index (χ4v) is 4.30. The zero-order chi connectivity index (χ0) is 34.0. The summed E-state index contributed by atoms with van der Waals surface area (Å²) in [6.45, 7) is 2.53. The van der Waals surface area contributed by atoms with Crippen LogP contribution in [0.25, 0.3) is 11.1 Å². The molecule has 10 nitrogen and oxygen atoms in total. The molecule has 0 aliphatic rings. The summed E-state index contributed by atoms with van der Waals surface area (Å²) < 4.78 is 54.1. The van der Waals surface area contributed by atoms with E-state index in [1.807, 2.05) is 0 Å². The molecule has 0 aliphatic heterocycles. The predicted molar refractivity (Wildman–Crippen MR) is 161 cm³/mol. The Labute approximate surface area is 263 Å². The summed E-state index contributed by atoms with van der Waals surface area (Å²) in [6, 6.07) is 15.0. The van der Waals surface area contributed by atoms with Gasteiger partial charge in [0, 0.05) is 19.7 Å². The van der Waals surface area contributed by atoms with Gasteiger partial charge < -0.3 is 24.4 Å². The Morgan fingerprint density at radius 3 is 1.98 bits per heavy atom. The van der Waals surface area contributed by atoms with Gasteiger partial charge >= 0.3 is 24.1 Å². The van der Waals surface area contributed by atoms with Gasteiger partial charge in [-0.05, 0) is 60.9 Å². The number of carbonyl (C=O) groups is 5. The van der Waals surface area contributed by atoms with E-state index in [2.05, 4.69) is 5.32 Å². The van der Waals surface area contributed by atoms with Crippen LogP contribution < -0.4 is 5.32 Å². The van der Waals surface area contributed by atoms with E-state index in [4.69, 9.17) is 14.2 Å². The predicted octanol–water partition coefficient (Wildman–Crippen LogP) is 5.15. The van der Waals surface area contributed by atoms with Gasteiger partial charge in [-0.1, -0.05) is 36.4 Å². The molecule has 0 bridgehead atoms. The number of anilines is 1. The number of alkyl halides is 3. The Hall–Kier alpha value is -5.20. The van der Waals surface area contributed by atoms with Gasteiger partial charge in [-0.2, -0.15) is 13.2 Å². The number of halogens is 3. The largest absolute Gasteiger partial charge is 0.465 e. The minimum Gasteiger partial charge on any atom is -0.465 e. The molecule has 0 heterocycles. The first-order valence-electron chi connectivity index (χ1n) is 14.2. The monoisotopic (exact) mass is 642 g/mol. The molecule has 2 amide bonds. The summed E-state index contributed by atoms with van der Waals surface area (Å²) in [5.74, 6) is -5.17. The first-order valence-corrected chi connectivity index (χ1v) is 14.2. The molecule has 3 aromatic carbocycles. The molecule has 3 rings (SSSR count). The third kappa shape index (κ3) is 9.16. The molecule has 0 spiro atoms. The van der Waals surface area contributed by atoms with Crippen LogP contribution in [0.1, 0.15) is 45.7 Å². The molecule has 3 aromatic rings. The summed E-state index contributed by atoms with van der Waals surface area (Å²) in [7, 11) is 3.00. The van der Waals surface area contributed by atoms with Crippen LogP contribution in [0.15, 0.2) is 66.7 Å². The van der Waals surface area contributed by atoms with Crippen LogP contribution in [0, 0.1) is 5.92 Å². The smallest absolute Gasteiger partial charge is 0.416 e. The molecule has 0 aromatic heterocycles. The Balaban J connectivity index is 1.83. The van der Waals surface area contributed by atoms with Crippen LogP contribution in [-0.4, -0.2) is 68.5 Å². The quantitative estimate of drug-likeness (QED) is 0.163. The molecule has 1 N–H and O–H groups in total. The van der Waals surface area contributed by atoms with Crippen LogP contribution in [0.5, 0.6) is 0 Å². The first-order chi connectivity index (χ1) is 21.8. The minimum atomic E-state index is -4.51. The lowest BCUT2D eigenvalue weighted by molar-refractivity contribution is -0.166. The minimum absolute atomic E-state index is 0.00882. The Kier molecular flexibility index (Phi) is 12.0. The van der Waals surface area contributed by atoms with E-state index < -0.39 is 54.0 Å². The maximum absolute atomic E-state index is 13.4. The number of benzene rings is 3. The van der Waals surface area contributed by atoms with Crippen LogP contribution in [0.3, 0.4) is 0 Å². The maximum Gasteiger partial charge on any atom is 0.416 e. The van der Waals surface area contributed by atoms with Gasteiger partial charge in [0.25, 0.3) is 11.8 Å². The highest BCUT2D eigenvalue weighted by Crippen LogP contribution is 2.32. The molecule has 46 heavy (non-hydrogen) atoms. The Morgan fingerprint density at radius 2 is 1.41 bits per heavy atom. The molecular weight excluding hydrogens is 609 g/mol. The van der Waals surface area contributed by atoms with Crippen molar-refractivity contribution in [3.05, 3.63) is 89.0 Å². The summed E-state index contributed by atoms with van der Waals surface area (Å²) in [6.07, 6.45) is -4.85. The van der Waals surface area contributed by atoms with Crippen molar-refractivity contribution in [2.45, 2.75) is 26.4 Å². The van der Waals surface area contributed by atoms with E-state index in [0.717, 1.165) is 12.1 Å². The van der Waals surface area contributed by atoms with Gasteiger partial charge in [-0.25, -0.2) is 0 Å². The Morgan fingerprint density at radius 1 is 0.804 bits per heavy atom. The number of carbonyl (C=O) groups excluding carboxylic acids is 5. The second kappa shape index (κ2) is 15.7. The summed E-state index contributed by atoms with van der Waals surface area (Å²) >= 11 is 0. The van der Waals surface area contributed by atoms with Crippen LogP contribution in [0.2, 0.25) is 0 Å². The first kappa shape index (κ1) is 35.3. The molecule has 0 atom stereocenters. The third-order valence-corrected chi connectivity index (χ3v) is 6.57. The summed E-state index contributed by atoms with van der Waals surface area (Å²) in [4.78, 5) is 64.7. The molecule has 0 saturated carbocycles. The molecule has 0 radical (unpaired) electrons. The number of hydrogen-bond donors (Lipinski definition) is 1. The Bertz CT molecular complexity index is 1570. The maximum atomic E-state index is 13.4. The summed E-state index contributed by atoms with van der Waals surface area (Å²) in [5, 5.41) is 2.69. The normalized spacial score (nSPS) is 11.0. The van der Waals surface area contributed by atoms with Gasteiger partial charge in [0.05, 0.1) is 36.4 Å². The third-order valence-electron chi connectivity index (χ3n) is 6.57. The topological polar surface area (TPSA) is 128 Å². The van der Waals surface area contributed by atoms with Gasteiger partial charge in [-0.15, -0.1) is 0 Å². The molecule has 0 fully saturated rings. The molecular formula is C33H33F3N2O8. The second-order valence-electron chi connectivity index (χ2n) is 10.1. The molecule has 0 saturated heterocycles. The number of rotatable bonds is 12. The lowest BCUT2D eigenvalue weighted by atomic mass is 9.97. The van der Waals surface area contributed by atoms with Crippen molar-refractivity contribution in [1.82, 2.24) is 4.90 Å². The molecule has 13 heteroatoms. The van der Waals surface area contributed by atoms with E-state index in [-0.39, 0.29) is 36.4 Å². The SMILES string of the molecule is CCOC(=O)C(COC(=O)Cc1ccc(NC(=O)c2ccccc2-c2ccc(C(F)(F)F)cc2)c(C(=O)N(C)C)c1)C(=O)OCC. The average molecular weight is 643 g/mol. The highest BCUT2D eigenvalue weighted by atomic mass is 19.4. The number of esters is 3. The number of hydrogen-bond acceptors (Lipinski definition) is 8. The number of ether oxygens (including phenoxy) is 3. The molecule has 0 unspecified atom stereocenters. The zero-order valence-corrected chi connectivity index (χ0v) is 25.6. The van der Waals surface area contributed by atoms with E-state index in [0.29, 0.717) is 16.7 Å². The lowest BCUT2D eigenvalue weighted by Crippen LogP contribution is -2.33. The average Bonchev–Trinajstić information content (AvgIpc) is 3.01.